The lowest BCUT2D eigenvalue weighted by atomic mass is 9.93. The van der Waals surface area contributed by atoms with Crippen molar-refractivity contribution in [2.24, 2.45) is 0 Å². The Morgan fingerprint density at radius 2 is 1.02 bits per heavy atom. The van der Waals surface area contributed by atoms with Gasteiger partial charge in [-0.3, -0.25) is 0 Å². The van der Waals surface area contributed by atoms with Crippen molar-refractivity contribution in [2.45, 2.75) is 0 Å². The van der Waals surface area contributed by atoms with Crippen molar-refractivity contribution in [3.05, 3.63) is 180 Å². The third-order valence-electron chi connectivity index (χ3n) is 9.59. The monoisotopic (exact) mass is 635 g/mol. The molecule has 9 rings (SSSR count). The van der Waals surface area contributed by atoms with Gasteiger partial charge in [-0.2, -0.15) is 5.26 Å². The Morgan fingerprint density at radius 3 is 1.70 bits per heavy atom. The summed E-state index contributed by atoms with van der Waals surface area (Å²) in [4.78, 5) is 7.47. The fraction of sp³-hybridized carbons (Fsp3) is 0. The van der Waals surface area contributed by atoms with Gasteiger partial charge in [0.25, 0.3) is 0 Å². The molecule has 0 atom stereocenters. The molecule has 50 heavy (non-hydrogen) atoms. The molecule has 0 radical (unpaired) electrons. The second kappa shape index (κ2) is 11.4. The number of nitriles is 1. The minimum Gasteiger partial charge on any atom is -0.310 e. The summed E-state index contributed by atoms with van der Waals surface area (Å²) in [5.41, 5.74) is 12.1. The molecular formula is C45H25N5. The van der Waals surface area contributed by atoms with Gasteiger partial charge in [-0.05, 0) is 82.7 Å². The molecule has 2 heterocycles. The maximum atomic E-state index is 9.61. The zero-order valence-electron chi connectivity index (χ0n) is 26.7. The van der Waals surface area contributed by atoms with Crippen molar-refractivity contribution < 1.29 is 0 Å². The zero-order chi connectivity index (χ0) is 33.8. The Balaban J connectivity index is 1.22. The topological polar surface area (TPSA) is 42.4 Å². The summed E-state index contributed by atoms with van der Waals surface area (Å²) in [7, 11) is 0. The summed E-state index contributed by atoms with van der Waals surface area (Å²) >= 11 is 0. The van der Waals surface area contributed by atoms with Crippen LogP contribution < -0.4 is 0 Å². The molecule has 0 aliphatic carbocycles. The summed E-state index contributed by atoms with van der Waals surface area (Å²) in [6.07, 6.45) is 0. The first-order valence-electron chi connectivity index (χ1n) is 16.2. The van der Waals surface area contributed by atoms with E-state index in [-0.39, 0.29) is 0 Å². The molecule has 7 aromatic carbocycles. The molecule has 0 aliphatic heterocycles. The molecule has 230 valence electrons. The molecule has 0 saturated carbocycles. The van der Waals surface area contributed by atoms with Gasteiger partial charge in [-0.1, -0.05) is 91.0 Å². The van der Waals surface area contributed by atoms with E-state index in [1.165, 1.54) is 10.8 Å². The Hall–Kier alpha value is -7.39. The fourth-order valence-corrected chi connectivity index (χ4v) is 7.37. The second-order valence-corrected chi connectivity index (χ2v) is 12.3. The van der Waals surface area contributed by atoms with Crippen molar-refractivity contribution in [1.82, 2.24) is 9.13 Å². The van der Waals surface area contributed by atoms with Gasteiger partial charge in [-0.25, -0.2) is 9.69 Å². The van der Waals surface area contributed by atoms with Gasteiger partial charge in [0.1, 0.15) is 0 Å². The third kappa shape index (κ3) is 4.38. The average Bonchev–Trinajstić information content (AvgIpc) is 3.69. The molecule has 5 nitrogen and oxygen atoms in total. The molecule has 0 bridgehead atoms. The van der Waals surface area contributed by atoms with Gasteiger partial charge in [0.05, 0.1) is 46.8 Å². The first kappa shape index (κ1) is 28.8. The molecule has 0 amide bonds. The fourth-order valence-electron chi connectivity index (χ4n) is 7.37. The van der Waals surface area contributed by atoms with Crippen LogP contribution in [-0.4, -0.2) is 9.13 Å². The van der Waals surface area contributed by atoms with Gasteiger partial charge < -0.3 is 9.13 Å². The highest BCUT2D eigenvalue weighted by atomic mass is 15.0. The molecule has 0 unspecified atom stereocenters. The first-order valence-corrected chi connectivity index (χ1v) is 16.2. The van der Waals surface area contributed by atoms with Crippen LogP contribution in [0.15, 0.2) is 152 Å². The largest absolute Gasteiger partial charge is 0.310 e. The van der Waals surface area contributed by atoms with Crippen LogP contribution >= 0.6 is 0 Å². The third-order valence-corrected chi connectivity index (χ3v) is 9.59. The maximum absolute atomic E-state index is 9.61. The van der Waals surface area contributed by atoms with E-state index in [1.54, 1.807) is 0 Å². The Bertz CT molecular complexity index is 2830. The van der Waals surface area contributed by atoms with Gasteiger partial charge in [0.2, 0.25) is 0 Å². The molecule has 5 heteroatoms. The van der Waals surface area contributed by atoms with Crippen molar-refractivity contribution in [3.8, 4) is 39.7 Å². The first-order chi connectivity index (χ1) is 24.7. The van der Waals surface area contributed by atoms with Gasteiger partial charge in [-0.15, -0.1) is 0 Å². The molecule has 0 saturated heterocycles. The lowest BCUT2D eigenvalue weighted by Gasteiger charge is -2.18. The van der Waals surface area contributed by atoms with E-state index in [0.717, 1.165) is 66.5 Å². The average molecular weight is 636 g/mol. The summed E-state index contributed by atoms with van der Waals surface area (Å²) in [5, 5.41) is 13.8. The number of rotatable bonds is 4. The predicted molar refractivity (Wildman–Crippen MR) is 203 cm³/mol. The van der Waals surface area contributed by atoms with E-state index in [0.29, 0.717) is 16.9 Å². The van der Waals surface area contributed by atoms with Gasteiger partial charge >= 0.3 is 0 Å². The van der Waals surface area contributed by atoms with E-state index in [9.17, 15) is 5.26 Å². The van der Waals surface area contributed by atoms with E-state index in [4.69, 9.17) is 13.1 Å². The summed E-state index contributed by atoms with van der Waals surface area (Å²) in [6.45, 7) is 15.4. The minimum atomic E-state index is 0.565. The Morgan fingerprint density at radius 1 is 0.460 bits per heavy atom. The summed E-state index contributed by atoms with van der Waals surface area (Å²) in [5.74, 6) is 0. The second-order valence-electron chi connectivity index (χ2n) is 12.3. The molecule has 9 aromatic rings. The zero-order valence-corrected chi connectivity index (χ0v) is 26.7. The quantitative estimate of drug-likeness (QED) is 0.177. The molecule has 2 aromatic heterocycles. The van der Waals surface area contributed by atoms with E-state index < -0.39 is 0 Å². The normalized spacial score (nSPS) is 11.1. The van der Waals surface area contributed by atoms with Crippen LogP contribution in [-0.2, 0) is 0 Å². The smallest absolute Gasteiger partial charge is 0.189 e. The summed E-state index contributed by atoms with van der Waals surface area (Å²) < 4.78 is 4.48. The molecule has 0 N–H and O–H groups in total. The number of nitrogens with zero attached hydrogens (tertiary/aromatic N) is 5. The van der Waals surface area contributed by atoms with Crippen LogP contribution in [0.5, 0.6) is 0 Å². The van der Waals surface area contributed by atoms with Crippen molar-refractivity contribution in [3.63, 3.8) is 0 Å². The van der Waals surface area contributed by atoms with Crippen LogP contribution in [0, 0.1) is 24.5 Å². The number of fused-ring (bicyclic) bond motifs is 6. The lowest BCUT2D eigenvalue weighted by molar-refractivity contribution is 1.18. The minimum absolute atomic E-state index is 0.565. The molecule has 0 aliphatic rings. The van der Waals surface area contributed by atoms with Gasteiger partial charge in [0, 0.05) is 33.1 Å². The van der Waals surface area contributed by atoms with Crippen LogP contribution in [0.25, 0.3) is 86.9 Å². The highest BCUT2D eigenvalue weighted by molar-refractivity contribution is 6.11. The predicted octanol–water partition coefficient (Wildman–Crippen LogP) is 12.2. The number of para-hydroxylation sites is 2. The van der Waals surface area contributed by atoms with Crippen LogP contribution in [0.2, 0.25) is 0 Å². The molecule has 0 spiro atoms. The molecule has 0 fully saturated rings. The van der Waals surface area contributed by atoms with Crippen molar-refractivity contribution in [2.75, 3.05) is 0 Å². The standard InChI is InChI=1S/C45H25N5/c1-47-31-19-24-44-40(26-31)39-25-29(28-46)15-23-43(39)49(44)33-20-16-30(17-21-33)34-9-3-4-10-35(34)38-22-18-32(48-2)27-45(38)50-41-13-7-5-11-36(41)37-12-6-8-14-42(37)50/h3-27H. The SMILES string of the molecule is [C-]#[N+]c1ccc(-c2ccccc2-c2ccc(-n3c4ccc(C#N)cc4c4cc([N+]#[C-])ccc43)cc2)c(-n2c3ccccc3c3ccccc32)c1. The number of aromatic nitrogens is 2. The van der Waals surface area contributed by atoms with E-state index in [2.05, 4.69) is 128 Å². The number of benzene rings is 7. The maximum Gasteiger partial charge on any atom is 0.189 e. The van der Waals surface area contributed by atoms with E-state index >= 15 is 0 Å². The van der Waals surface area contributed by atoms with Crippen LogP contribution in [0.1, 0.15) is 5.56 Å². The number of hydrogen-bond donors (Lipinski definition) is 0. The highest BCUT2D eigenvalue weighted by Crippen LogP contribution is 2.42. The lowest BCUT2D eigenvalue weighted by Crippen LogP contribution is -1.98. The highest BCUT2D eigenvalue weighted by Gasteiger charge is 2.19. The van der Waals surface area contributed by atoms with Crippen molar-refractivity contribution in [1.29, 1.82) is 5.26 Å². The molecular weight excluding hydrogens is 611 g/mol. The van der Waals surface area contributed by atoms with Crippen LogP contribution in [0.3, 0.4) is 0 Å². The van der Waals surface area contributed by atoms with Gasteiger partial charge in [0.15, 0.2) is 11.4 Å². The summed E-state index contributed by atoms with van der Waals surface area (Å²) in [6, 6.07) is 53.6. The Kier molecular flexibility index (Phi) is 6.56. The van der Waals surface area contributed by atoms with Crippen LogP contribution in [0.4, 0.5) is 11.4 Å². The van der Waals surface area contributed by atoms with E-state index in [1.807, 2.05) is 48.5 Å². The number of hydrogen-bond acceptors (Lipinski definition) is 1. The van der Waals surface area contributed by atoms with Crippen molar-refractivity contribution >= 4 is 55.0 Å². The Labute approximate surface area is 288 Å².